The number of ether oxygens (including phenoxy) is 1. The van der Waals surface area contributed by atoms with Gasteiger partial charge in [-0.1, -0.05) is 0 Å². The van der Waals surface area contributed by atoms with Crippen LogP contribution in [0.3, 0.4) is 0 Å². The van der Waals surface area contributed by atoms with Crippen LogP contribution in [0.25, 0.3) is 0 Å². The summed E-state index contributed by atoms with van der Waals surface area (Å²) in [6, 6.07) is 5.48. The fourth-order valence-corrected chi connectivity index (χ4v) is 3.02. The normalized spacial score (nSPS) is 20.2. The first kappa shape index (κ1) is 16.2. The number of esters is 1. The van der Waals surface area contributed by atoms with Crippen molar-refractivity contribution in [1.29, 1.82) is 0 Å². The Morgan fingerprint density at radius 2 is 1.75 bits per heavy atom. The first-order valence-electron chi connectivity index (χ1n) is 7.82. The average Bonchev–Trinajstić information content (AvgIpc) is 3.27. The minimum Gasteiger partial charge on any atom is -0.427 e. The van der Waals surface area contributed by atoms with Gasteiger partial charge < -0.3 is 9.64 Å². The van der Waals surface area contributed by atoms with E-state index in [2.05, 4.69) is 0 Å². The highest BCUT2D eigenvalue weighted by Crippen LogP contribution is 2.34. The van der Waals surface area contributed by atoms with Crippen molar-refractivity contribution in [3.63, 3.8) is 0 Å². The molecule has 0 aromatic heterocycles. The summed E-state index contributed by atoms with van der Waals surface area (Å²) >= 11 is 0. The van der Waals surface area contributed by atoms with Crippen LogP contribution in [0.2, 0.25) is 0 Å². The zero-order chi connectivity index (χ0) is 17.4. The van der Waals surface area contributed by atoms with E-state index in [0.29, 0.717) is 11.4 Å². The molecule has 1 aromatic rings. The van der Waals surface area contributed by atoms with Gasteiger partial charge in [-0.2, -0.15) is 0 Å². The third-order valence-electron chi connectivity index (χ3n) is 4.12. The number of anilines is 1. The first-order chi connectivity index (χ1) is 11.4. The maximum atomic E-state index is 12.7. The molecule has 1 aromatic carbocycles. The highest BCUT2D eigenvalue weighted by Gasteiger charge is 2.47. The largest absolute Gasteiger partial charge is 0.427 e. The third-order valence-corrected chi connectivity index (χ3v) is 4.12. The summed E-state index contributed by atoms with van der Waals surface area (Å²) in [5.74, 6) is -1.02. The van der Waals surface area contributed by atoms with Crippen molar-refractivity contribution in [2.45, 2.75) is 45.2 Å². The lowest BCUT2D eigenvalue weighted by molar-refractivity contribution is -0.137. The Bertz CT molecular complexity index is 708. The average molecular weight is 330 g/mol. The van der Waals surface area contributed by atoms with Gasteiger partial charge in [-0.25, -0.2) is 4.90 Å². The second kappa shape index (κ2) is 6.07. The lowest BCUT2D eigenvalue weighted by Gasteiger charge is -2.26. The number of carbonyl (C=O) groups excluding carboxylic acids is 4. The van der Waals surface area contributed by atoms with E-state index in [9.17, 15) is 19.2 Å². The highest BCUT2D eigenvalue weighted by atomic mass is 16.5. The number of benzene rings is 1. The van der Waals surface area contributed by atoms with Crippen molar-refractivity contribution in [3.8, 4) is 5.75 Å². The smallest absolute Gasteiger partial charge is 0.308 e. The van der Waals surface area contributed by atoms with Gasteiger partial charge in [0, 0.05) is 19.9 Å². The molecular weight excluding hydrogens is 312 g/mol. The van der Waals surface area contributed by atoms with Crippen LogP contribution in [-0.2, 0) is 19.2 Å². The second-order valence-electron chi connectivity index (χ2n) is 6.03. The van der Waals surface area contributed by atoms with Crippen LogP contribution < -0.4 is 9.64 Å². The number of nitrogens with zero attached hydrogens (tertiary/aromatic N) is 2. The van der Waals surface area contributed by atoms with Gasteiger partial charge in [-0.05, 0) is 37.1 Å². The van der Waals surface area contributed by atoms with Gasteiger partial charge in [0.25, 0.3) is 5.91 Å². The molecule has 1 saturated heterocycles. The van der Waals surface area contributed by atoms with E-state index in [4.69, 9.17) is 4.74 Å². The number of amides is 3. The van der Waals surface area contributed by atoms with E-state index >= 15 is 0 Å². The number of hydrogen-bond donors (Lipinski definition) is 0. The maximum Gasteiger partial charge on any atom is 0.308 e. The van der Waals surface area contributed by atoms with Crippen LogP contribution in [0.4, 0.5) is 5.69 Å². The molecule has 0 spiro atoms. The van der Waals surface area contributed by atoms with E-state index < -0.39 is 12.0 Å². The van der Waals surface area contributed by atoms with Crippen molar-refractivity contribution >= 4 is 29.4 Å². The highest BCUT2D eigenvalue weighted by molar-refractivity contribution is 6.23. The first-order valence-corrected chi connectivity index (χ1v) is 7.82. The summed E-state index contributed by atoms with van der Waals surface area (Å²) in [5, 5.41) is 0. The van der Waals surface area contributed by atoms with Crippen molar-refractivity contribution in [3.05, 3.63) is 24.3 Å². The van der Waals surface area contributed by atoms with Gasteiger partial charge >= 0.3 is 5.97 Å². The standard InChI is InChI=1S/C17H18N2O5/c1-10(20)18(12-3-4-12)15-9-16(22)19(17(15)23)13-5-7-14(8-6-13)24-11(2)21/h5-8,12,15H,3-4,9H2,1-2H3. The minimum atomic E-state index is -0.726. The van der Waals surface area contributed by atoms with Gasteiger partial charge in [-0.15, -0.1) is 0 Å². The summed E-state index contributed by atoms with van der Waals surface area (Å²) in [5.41, 5.74) is 0.405. The quantitative estimate of drug-likeness (QED) is 0.471. The van der Waals surface area contributed by atoms with E-state index in [1.165, 1.54) is 30.9 Å². The lowest BCUT2D eigenvalue weighted by Crippen LogP contribution is -2.45. The summed E-state index contributed by atoms with van der Waals surface area (Å²) in [6.45, 7) is 2.72. The molecular formula is C17H18N2O5. The molecule has 1 saturated carbocycles. The number of rotatable bonds is 4. The molecule has 1 heterocycles. The Morgan fingerprint density at radius 3 is 2.25 bits per heavy atom. The van der Waals surface area contributed by atoms with Crippen LogP contribution in [-0.4, -0.2) is 40.7 Å². The zero-order valence-electron chi connectivity index (χ0n) is 13.5. The molecule has 0 radical (unpaired) electrons. The zero-order valence-corrected chi connectivity index (χ0v) is 13.5. The van der Waals surface area contributed by atoms with Crippen molar-refractivity contribution in [1.82, 2.24) is 4.90 Å². The Labute approximate surface area is 139 Å². The topological polar surface area (TPSA) is 84.0 Å². The van der Waals surface area contributed by atoms with E-state index in [-0.39, 0.29) is 30.2 Å². The molecule has 24 heavy (non-hydrogen) atoms. The van der Waals surface area contributed by atoms with Crippen molar-refractivity contribution < 1.29 is 23.9 Å². The van der Waals surface area contributed by atoms with Crippen molar-refractivity contribution in [2.24, 2.45) is 0 Å². The molecule has 7 nitrogen and oxygen atoms in total. The molecule has 3 amide bonds. The molecule has 2 fully saturated rings. The SMILES string of the molecule is CC(=O)Oc1ccc(N2C(=O)CC(N(C(C)=O)C3CC3)C2=O)cc1. The summed E-state index contributed by atoms with van der Waals surface area (Å²) < 4.78 is 4.94. The fraction of sp³-hybridized carbons (Fsp3) is 0.412. The number of imide groups is 1. The van der Waals surface area contributed by atoms with Crippen LogP contribution in [0, 0.1) is 0 Å². The van der Waals surface area contributed by atoms with Gasteiger partial charge in [0.1, 0.15) is 11.8 Å². The van der Waals surface area contributed by atoms with Crippen LogP contribution in [0.15, 0.2) is 24.3 Å². The van der Waals surface area contributed by atoms with Crippen LogP contribution >= 0.6 is 0 Å². The maximum absolute atomic E-state index is 12.7. The second-order valence-corrected chi connectivity index (χ2v) is 6.03. The molecule has 0 bridgehead atoms. The van der Waals surface area contributed by atoms with E-state index in [1.807, 2.05) is 0 Å². The van der Waals surface area contributed by atoms with Gasteiger partial charge in [0.2, 0.25) is 11.8 Å². The molecule has 1 aliphatic carbocycles. The Kier molecular flexibility index (Phi) is 4.09. The molecule has 0 N–H and O–H groups in total. The lowest BCUT2D eigenvalue weighted by atomic mass is 10.2. The van der Waals surface area contributed by atoms with E-state index in [0.717, 1.165) is 17.7 Å². The Morgan fingerprint density at radius 1 is 1.12 bits per heavy atom. The van der Waals surface area contributed by atoms with Crippen LogP contribution in [0.5, 0.6) is 5.75 Å². The molecule has 7 heteroatoms. The van der Waals surface area contributed by atoms with Gasteiger partial charge in [0.15, 0.2) is 0 Å². The van der Waals surface area contributed by atoms with Gasteiger partial charge in [0.05, 0.1) is 12.1 Å². The summed E-state index contributed by atoms with van der Waals surface area (Å²) in [7, 11) is 0. The minimum absolute atomic E-state index is 0.000606. The molecule has 3 rings (SSSR count). The number of hydrogen-bond acceptors (Lipinski definition) is 5. The molecule has 126 valence electrons. The van der Waals surface area contributed by atoms with Crippen molar-refractivity contribution in [2.75, 3.05) is 4.90 Å². The molecule has 1 unspecified atom stereocenters. The summed E-state index contributed by atoms with van der Waals surface area (Å²) in [4.78, 5) is 50.4. The predicted molar refractivity (Wildman–Crippen MR) is 84.2 cm³/mol. The van der Waals surface area contributed by atoms with E-state index in [1.54, 1.807) is 12.1 Å². The third kappa shape index (κ3) is 3.02. The Balaban J connectivity index is 1.81. The van der Waals surface area contributed by atoms with Crippen LogP contribution in [0.1, 0.15) is 33.1 Å². The Hall–Kier alpha value is -2.70. The number of carbonyl (C=O) groups is 4. The molecule has 2 aliphatic rings. The van der Waals surface area contributed by atoms with Gasteiger partial charge in [-0.3, -0.25) is 19.2 Å². The molecule has 1 aliphatic heterocycles. The summed E-state index contributed by atoms with van der Waals surface area (Å²) in [6.07, 6.45) is 1.74. The molecule has 1 atom stereocenters. The monoisotopic (exact) mass is 330 g/mol. The predicted octanol–water partition coefficient (Wildman–Crippen LogP) is 1.25. The fourth-order valence-electron chi connectivity index (χ4n) is 3.02.